The number of halogens is 1. The van der Waals surface area contributed by atoms with E-state index in [-0.39, 0.29) is 23.6 Å². The fourth-order valence-corrected chi connectivity index (χ4v) is 2.73. The van der Waals surface area contributed by atoms with Crippen LogP contribution in [-0.4, -0.2) is 28.6 Å². The number of oxazole rings is 1. The zero-order valence-corrected chi connectivity index (χ0v) is 14.9. The Morgan fingerprint density at radius 3 is 2.80 bits per heavy atom. The van der Waals surface area contributed by atoms with E-state index in [1.807, 2.05) is 13.8 Å². The van der Waals surface area contributed by atoms with Gasteiger partial charge in [0.05, 0.1) is 17.9 Å². The van der Waals surface area contributed by atoms with Gasteiger partial charge < -0.3 is 14.8 Å². The highest BCUT2D eigenvalue weighted by Gasteiger charge is 2.21. The maximum atomic E-state index is 13.7. The number of aliphatic hydroxyl groups excluding tert-OH is 1. The summed E-state index contributed by atoms with van der Waals surface area (Å²) in [6.07, 6.45) is 2.26. The van der Waals surface area contributed by atoms with Gasteiger partial charge in [-0.1, -0.05) is 26.0 Å². The largest absolute Gasteiger partial charge is 0.441 e. The summed E-state index contributed by atoms with van der Waals surface area (Å²) in [5.74, 6) is 0.274. The molecule has 6 heteroatoms. The molecular formula is C19H25FN2O3. The number of carbonyl (C=O) groups excluding carboxylic acids is 1. The highest BCUT2D eigenvalue weighted by atomic mass is 19.1. The molecule has 2 rings (SSSR count). The number of hydrogen-bond donors (Lipinski definition) is 2. The predicted molar refractivity (Wildman–Crippen MR) is 93.3 cm³/mol. The van der Waals surface area contributed by atoms with Crippen LogP contribution in [0.5, 0.6) is 0 Å². The highest BCUT2D eigenvalue weighted by Crippen LogP contribution is 2.24. The minimum atomic E-state index is -0.406. The molecule has 2 aromatic rings. The Hall–Kier alpha value is -2.21. The van der Waals surface area contributed by atoms with Gasteiger partial charge in [-0.15, -0.1) is 0 Å². The molecule has 0 aliphatic carbocycles. The van der Waals surface area contributed by atoms with E-state index in [0.717, 1.165) is 0 Å². The molecule has 5 nitrogen and oxygen atoms in total. The number of hydrogen-bond acceptors (Lipinski definition) is 4. The van der Waals surface area contributed by atoms with Gasteiger partial charge in [-0.2, -0.15) is 0 Å². The first-order valence-corrected chi connectivity index (χ1v) is 8.41. The lowest BCUT2D eigenvalue weighted by Gasteiger charge is -2.26. The summed E-state index contributed by atoms with van der Waals surface area (Å²) in [6, 6.07) is 6.32. The van der Waals surface area contributed by atoms with Crippen LogP contribution in [0.4, 0.5) is 4.39 Å². The number of rotatable bonds is 8. The van der Waals surface area contributed by atoms with Gasteiger partial charge in [-0.05, 0) is 30.9 Å². The van der Waals surface area contributed by atoms with Crippen LogP contribution >= 0.6 is 0 Å². The van der Waals surface area contributed by atoms with Crippen molar-refractivity contribution in [2.75, 3.05) is 6.54 Å². The van der Waals surface area contributed by atoms with Crippen molar-refractivity contribution >= 4 is 5.91 Å². The first kappa shape index (κ1) is 19.1. The number of nitrogens with one attached hydrogen (secondary N) is 1. The smallest absolute Gasteiger partial charge is 0.220 e. The molecule has 0 bridgehead atoms. The van der Waals surface area contributed by atoms with Gasteiger partial charge in [0.1, 0.15) is 5.82 Å². The Balaban J connectivity index is 1.84. The Kier molecular flexibility index (Phi) is 6.31. The standard InChI is InChI=1S/C19H25FN2O3/c1-13(23)10-19(2,3)12-22-17(24)8-9-18-21-11-16(25-18)14-6-4-5-7-15(14)20/h4-7,11,13,23H,8-10,12H2,1-3H3,(H,22,24). The highest BCUT2D eigenvalue weighted by molar-refractivity contribution is 5.76. The SMILES string of the molecule is CC(O)CC(C)(C)CNC(=O)CCc1ncc(-c2ccccc2F)o1. The van der Waals surface area contributed by atoms with Gasteiger partial charge in [0.15, 0.2) is 11.7 Å². The number of aliphatic hydroxyl groups is 1. The van der Waals surface area contributed by atoms with Crippen LogP contribution < -0.4 is 5.32 Å². The van der Waals surface area contributed by atoms with Crippen molar-refractivity contribution in [3.8, 4) is 11.3 Å². The lowest BCUT2D eigenvalue weighted by atomic mass is 9.87. The summed E-state index contributed by atoms with van der Waals surface area (Å²) in [4.78, 5) is 16.1. The average Bonchev–Trinajstić information content (AvgIpc) is 2.99. The van der Waals surface area contributed by atoms with Gasteiger partial charge in [-0.25, -0.2) is 9.37 Å². The molecule has 1 unspecified atom stereocenters. The van der Waals surface area contributed by atoms with E-state index in [1.54, 1.807) is 25.1 Å². The second-order valence-electron chi connectivity index (χ2n) is 7.09. The second kappa shape index (κ2) is 8.25. The van der Waals surface area contributed by atoms with E-state index >= 15 is 0 Å². The lowest BCUT2D eigenvalue weighted by Crippen LogP contribution is -2.35. The molecule has 25 heavy (non-hydrogen) atoms. The summed E-state index contributed by atoms with van der Waals surface area (Å²) in [5, 5.41) is 12.3. The number of aryl methyl sites for hydroxylation is 1. The average molecular weight is 348 g/mol. The van der Waals surface area contributed by atoms with E-state index < -0.39 is 6.10 Å². The van der Waals surface area contributed by atoms with Gasteiger partial charge >= 0.3 is 0 Å². The van der Waals surface area contributed by atoms with E-state index in [9.17, 15) is 14.3 Å². The molecule has 0 saturated carbocycles. The van der Waals surface area contributed by atoms with Gasteiger partial charge in [-0.3, -0.25) is 4.79 Å². The Labute approximate surface area is 147 Å². The van der Waals surface area contributed by atoms with Crippen molar-refractivity contribution in [2.45, 2.75) is 46.1 Å². The zero-order chi connectivity index (χ0) is 18.4. The molecule has 0 aliphatic heterocycles. The van der Waals surface area contributed by atoms with Crippen LogP contribution in [0.25, 0.3) is 11.3 Å². The molecule has 2 N–H and O–H groups in total. The van der Waals surface area contributed by atoms with Crippen molar-refractivity contribution in [3.05, 3.63) is 42.2 Å². The van der Waals surface area contributed by atoms with Crippen LogP contribution in [0.3, 0.4) is 0 Å². The lowest BCUT2D eigenvalue weighted by molar-refractivity contribution is -0.121. The third-order valence-corrected chi connectivity index (χ3v) is 3.87. The zero-order valence-electron chi connectivity index (χ0n) is 14.9. The summed E-state index contributed by atoms with van der Waals surface area (Å²) in [7, 11) is 0. The Bertz CT molecular complexity index is 710. The number of amides is 1. The monoisotopic (exact) mass is 348 g/mol. The maximum Gasteiger partial charge on any atom is 0.220 e. The molecule has 0 saturated heterocycles. The minimum Gasteiger partial charge on any atom is -0.441 e. The molecule has 0 radical (unpaired) electrons. The molecule has 0 aliphatic rings. The fourth-order valence-electron chi connectivity index (χ4n) is 2.73. The summed E-state index contributed by atoms with van der Waals surface area (Å²) in [6.45, 7) is 6.21. The van der Waals surface area contributed by atoms with Crippen LogP contribution in [0.15, 0.2) is 34.9 Å². The maximum absolute atomic E-state index is 13.7. The molecule has 1 aromatic heterocycles. The summed E-state index contributed by atoms with van der Waals surface area (Å²) >= 11 is 0. The molecule has 0 fully saturated rings. The number of benzene rings is 1. The summed E-state index contributed by atoms with van der Waals surface area (Å²) in [5.41, 5.74) is 0.177. The molecule has 1 aromatic carbocycles. The van der Waals surface area contributed by atoms with E-state index in [4.69, 9.17) is 4.42 Å². The third-order valence-electron chi connectivity index (χ3n) is 3.87. The molecule has 1 atom stereocenters. The van der Waals surface area contributed by atoms with E-state index in [1.165, 1.54) is 12.3 Å². The first-order chi connectivity index (χ1) is 11.8. The molecule has 1 heterocycles. The fraction of sp³-hybridized carbons (Fsp3) is 0.474. The Morgan fingerprint density at radius 2 is 2.12 bits per heavy atom. The Morgan fingerprint density at radius 1 is 1.40 bits per heavy atom. The summed E-state index contributed by atoms with van der Waals surface area (Å²) < 4.78 is 19.3. The molecule has 1 amide bonds. The third kappa shape index (κ3) is 5.98. The predicted octanol–water partition coefficient (Wildman–Crippen LogP) is 3.33. The van der Waals surface area contributed by atoms with Crippen LogP contribution in [0, 0.1) is 11.2 Å². The molecular weight excluding hydrogens is 323 g/mol. The number of aromatic nitrogens is 1. The van der Waals surface area contributed by atoms with E-state index in [2.05, 4.69) is 10.3 Å². The van der Waals surface area contributed by atoms with Crippen molar-refractivity contribution in [1.29, 1.82) is 0 Å². The second-order valence-corrected chi connectivity index (χ2v) is 7.09. The van der Waals surface area contributed by atoms with Crippen molar-refractivity contribution in [2.24, 2.45) is 5.41 Å². The van der Waals surface area contributed by atoms with Crippen molar-refractivity contribution in [1.82, 2.24) is 10.3 Å². The first-order valence-electron chi connectivity index (χ1n) is 8.41. The van der Waals surface area contributed by atoms with Crippen LogP contribution in [0.2, 0.25) is 0 Å². The number of nitrogens with zero attached hydrogens (tertiary/aromatic N) is 1. The topological polar surface area (TPSA) is 75.4 Å². The van der Waals surface area contributed by atoms with Crippen LogP contribution in [-0.2, 0) is 11.2 Å². The quantitative estimate of drug-likeness (QED) is 0.767. The van der Waals surface area contributed by atoms with Gasteiger partial charge in [0.2, 0.25) is 5.91 Å². The van der Waals surface area contributed by atoms with Crippen LogP contribution in [0.1, 0.15) is 39.5 Å². The van der Waals surface area contributed by atoms with Crippen molar-refractivity contribution < 1.29 is 18.7 Å². The molecule has 136 valence electrons. The minimum absolute atomic E-state index is 0.107. The number of carbonyl (C=O) groups is 1. The van der Waals surface area contributed by atoms with Gasteiger partial charge in [0.25, 0.3) is 0 Å². The van der Waals surface area contributed by atoms with Crippen molar-refractivity contribution in [3.63, 3.8) is 0 Å². The van der Waals surface area contributed by atoms with Gasteiger partial charge in [0, 0.05) is 19.4 Å². The normalized spacial score (nSPS) is 12.8. The van der Waals surface area contributed by atoms with E-state index in [0.29, 0.717) is 36.6 Å². The molecule has 0 spiro atoms.